The van der Waals surface area contributed by atoms with Crippen molar-refractivity contribution in [1.82, 2.24) is 20.2 Å². The monoisotopic (exact) mass is 229 g/mol. The molecule has 1 aromatic rings. The molecule has 0 saturated heterocycles. The number of primary amides is 1. The summed E-state index contributed by atoms with van der Waals surface area (Å²) in [6, 6.07) is 0. The van der Waals surface area contributed by atoms with Crippen LogP contribution >= 0.6 is 11.8 Å². The molecule has 0 aliphatic carbocycles. The molecule has 2 N–H and O–H groups in total. The SMILES string of the molecule is CCC(CC(N)=O)(SC)c1nnnn1C. The number of hydrogen-bond donors (Lipinski definition) is 1. The highest BCUT2D eigenvalue weighted by molar-refractivity contribution is 7.99. The third-order valence-corrected chi connectivity index (χ3v) is 3.85. The average molecular weight is 229 g/mol. The first-order chi connectivity index (χ1) is 7.05. The maximum Gasteiger partial charge on any atom is 0.219 e. The fourth-order valence-electron chi connectivity index (χ4n) is 1.57. The second-order valence-corrected chi connectivity index (χ2v) is 4.51. The summed E-state index contributed by atoms with van der Waals surface area (Å²) in [5.41, 5.74) is 5.26. The number of carbonyl (C=O) groups excluding carboxylic acids is 1. The molecule has 0 aromatic carbocycles. The third-order valence-electron chi connectivity index (χ3n) is 2.45. The Bertz CT molecular complexity index is 347. The van der Waals surface area contributed by atoms with Gasteiger partial charge in [0, 0.05) is 13.5 Å². The lowest BCUT2D eigenvalue weighted by atomic mass is 10.00. The van der Waals surface area contributed by atoms with Crippen LogP contribution in [0.5, 0.6) is 0 Å². The second kappa shape index (κ2) is 4.61. The van der Waals surface area contributed by atoms with Gasteiger partial charge in [-0.1, -0.05) is 6.92 Å². The van der Waals surface area contributed by atoms with Crippen LogP contribution in [0, 0.1) is 0 Å². The number of thioether (sulfide) groups is 1. The lowest BCUT2D eigenvalue weighted by molar-refractivity contribution is -0.118. The standard InChI is InChI=1S/C8H15N5OS/c1-4-8(15-3,5-6(9)14)7-10-11-12-13(7)2/h4-5H2,1-3H3,(H2,9,14). The highest BCUT2D eigenvalue weighted by Gasteiger charge is 2.36. The first-order valence-corrected chi connectivity index (χ1v) is 5.84. The van der Waals surface area contributed by atoms with Crippen LogP contribution in [0.15, 0.2) is 0 Å². The van der Waals surface area contributed by atoms with Gasteiger partial charge in [0.25, 0.3) is 0 Å². The van der Waals surface area contributed by atoms with Crippen molar-refractivity contribution in [3.63, 3.8) is 0 Å². The molecule has 1 heterocycles. The van der Waals surface area contributed by atoms with E-state index in [9.17, 15) is 4.79 Å². The van der Waals surface area contributed by atoms with Gasteiger partial charge in [0.15, 0.2) is 5.82 Å². The summed E-state index contributed by atoms with van der Waals surface area (Å²) >= 11 is 1.55. The van der Waals surface area contributed by atoms with E-state index in [1.807, 2.05) is 13.2 Å². The molecule has 0 radical (unpaired) electrons. The largest absolute Gasteiger partial charge is 0.370 e. The molecule has 0 spiro atoms. The van der Waals surface area contributed by atoms with Crippen molar-refractivity contribution in [2.24, 2.45) is 12.8 Å². The van der Waals surface area contributed by atoms with Gasteiger partial charge in [-0.2, -0.15) is 0 Å². The minimum Gasteiger partial charge on any atom is -0.370 e. The van der Waals surface area contributed by atoms with E-state index in [0.717, 1.165) is 6.42 Å². The maximum absolute atomic E-state index is 11.1. The van der Waals surface area contributed by atoms with Crippen molar-refractivity contribution < 1.29 is 4.79 Å². The minimum atomic E-state index is -0.413. The van der Waals surface area contributed by atoms with Crippen LogP contribution in [0.25, 0.3) is 0 Å². The lowest BCUT2D eigenvalue weighted by Crippen LogP contribution is -2.31. The molecule has 0 aliphatic rings. The van der Waals surface area contributed by atoms with Gasteiger partial charge >= 0.3 is 0 Å². The molecule has 1 aromatic heterocycles. The topological polar surface area (TPSA) is 86.7 Å². The number of aromatic nitrogens is 4. The number of carbonyl (C=O) groups is 1. The Morgan fingerprint density at radius 3 is 2.67 bits per heavy atom. The summed E-state index contributed by atoms with van der Waals surface area (Å²) in [6.45, 7) is 1.99. The van der Waals surface area contributed by atoms with Crippen LogP contribution in [0.1, 0.15) is 25.6 Å². The Labute approximate surface area is 92.6 Å². The zero-order valence-electron chi connectivity index (χ0n) is 9.10. The molecule has 7 heteroatoms. The number of nitrogens with zero attached hydrogens (tertiary/aromatic N) is 4. The molecule has 0 aliphatic heterocycles. The van der Waals surface area contributed by atoms with Crippen LogP contribution in [-0.4, -0.2) is 32.4 Å². The highest BCUT2D eigenvalue weighted by Crippen LogP contribution is 2.39. The van der Waals surface area contributed by atoms with Crippen molar-refractivity contribution >= 4 is 17.7 Å². The van der Waals surface area contributed by atoms with E-state index in [4.69, 9.17) is 5.73 Å². The normalized spacial score (nSPS) is 14.9. The van der Waals surface area contributed by atoms with Crippen LogP contribution in [0.3, 0.4) is 0 Å². The summed E-state index contributed by atoms with van der Waals surface area (Å²) in [5.74, 6) is 0.352. The predicted octanol–water partition coefficient (Wildman–Crippen LogP) is 0.0538. The predicted molar refractivity (Wildman–Crippen MR) is 58.1 cm³/mol. The van der Waals surface area contributed by atoms with Crippen LogP contribution in [-0.2, 0) is 16.6 Å². The van der Waals surface area contributed by atoms with Gasteiger partial charge in [-0.3, -0.25) is 4.79 Å². The summed E-state index contributed by atoms with van der Waals surface area (Å²) in [7, 11) is 1.76. The summed E-state index contributed by atoms with van der Waals surface area (Å²) in [4.78, 5) is 11.1. The Morgan fingerprint density at radius 2 is 2.33 bits per heavy atom. The van der Waals surface area contributed by atoms with Crippen molar-refractivity contribution in [2.75, 3.05) is 6.26 Å². The lowest BCUT2D eigenvalue weighted by Gasteiger charge is -2.27. The zero-order chi connectivity index (χ0) is 11.5. The zero-order valence-corrected chi connectivity index (χ0v) is 9.91. The summed E-state index contributed by atoms with van der Waals surface area (Å²) in [6.07, 6.45) is 2.94. The van der Waals surface area contributed by atoms with E-state index < -0.39 is 4.75 Å². The Kier molecular flexibility index (Phi) is 3.67. The third kappa shape index (κ3) is 2.28. The fourth-order valence-corrected chi connectivity index (χ4v) is 2.50. The van der Waals surface area contributed by atoms with E-state index in [1.54, 1.807) is 23.5 Å². The van der Waals surface area contributed by atoms with Crippen molar-refractivity contribution in [3.05, 3.63) is 5.82 Å². The second-order valence-electron chi connectivity index (χ2n) is 3.32. The van der Waals surface area contributed by atoms with E-state index >= 15 is 0 Å². The molecule has 0 saturated carbocycles. The number of rotatable bonds is 5. The number of nitrogens with two attached hydrogens (primary N) is 1. The molecule has 0 bridgehead atoms. The van der Waals surface area contributed by atoms with Gasteiger partial charge in [-0.05, 0) is 23.1 Å². The van der Waals surface area contributed by atoms with Crippen LogP contribution < -0.4 is 5.73 Å². The van der Waals surface area contributed by atoms with Gasteiger partial charge in [0.1, 0.15) is 0 Å². The molecule has 1 atom stereocenters. The first-order valence-electron chi connectivity index (χ1n) is 4.62. The first kappa shape index (κ1) is 12.0. The van der Waals surface area contributed by atoms with Gasteiger partial charge in [-0.25, -0.2) is 4.68 Å². The molecule has 1 unspecified atom stereocenters. The quantitative estimate of drug-likeness (QED) is 0.771. The highest BCUT2D eigenvalue weighted by atomic mass is 32.2. The Hall–Kier alpha value is -1.11. The molecule has 1 rings (SSSR count). The van der Waals surface area contributed by atoms with Crippen molar-refractivity contribution in [3.8, 4) is 0 Å². The van der Waals surface area contributed by atoms with E-state index in [2.05, 4.69) is 15.5 Å². The molecular weight excluding hydrogens is 214 g/mol. The molecular formula is C8H15N5OS. The van der Waals surface area contributed by atoms with E-state index in [1.165, 1.54) is 0 Å². The average Bonchev–Trinajstić information content (AvgIpc) is 2.61. The van der Waals surface area contributed by atoms with Gasteiger partial charge in [0.05, 0.1) is 4.75 Å². The summed E-state index contributed by atoms with van der Waals surface area (Å²) < 4.78 is 1.17. The smallest absolute Gasteiger partial charge is 0.219 e. The molecule has 1 amide bonds. The van der Waals surface area contributed by atoms with Gasteiger partial charge < -0.3 is 5.73 Å². The minimum absolute atomic E-state index is 0.249. The van der Waals surface area contributed by atoms with Crippen molar-refractivity contribution in [1.29, 1.82) is 0 Å². The fraction of sp³-hybridized carbons (Fsp3) is 0.750. The van der Waals surface area contributed by atoms with Gasteiger partial charge in [-0.15, -0.1) is 16.9 Å². The molecule has 15 heavy (non-hydrogen) atoms. The molecule has 84 valence electrons. The Balaban J connectivity index is 3.10. The Morgan fingerprint density at radius 1 is 1.67 bits per heavy atom. The van der Waals surface area contributed by atoms with E-state index in [-0.39, 0.29) is 12.3 Å². The van der Waals surface area contributed by atoms with Crippen molar-refractivity contribution in [2.45, 2.75) is 24.5 Å². The van der Waals surface area contributed by atoms with Gasteiger partial charge in [0.2, 0.25) is 5.91 Å². The summed E-state index contributed by atoms with van der Waals surface area (Å²) in [5, 5.41) is 11.3. The van der Waals surface area contributed by atoms with Crippen LogP contribution in [0.4, 0.5) is 0 Å². The molecule has 6 nitrogen and oxygen atoms in total. The number of aryl methyl sites for hydroxylation is 1. The van der Waals surface area contributed by atoms with E-state index in [0.29, 0.717) is 5.82 Å². The maximum atomic E-state index is 11.1. The molecule has 0 fully saturated rings. The number of hydrogen-bond acceptors (Lipinski definition) is 5. The number of amides is 1. The van der Waals surface area contributed by atoms with Crippen LogP contribution in [0.2, 0.25) is 0 Å². The number of tetrazole rings is 1.